The van der Waals surface area contributed by atoms with Crippen molar-refractivity contribution < 1.29 is 14.3 Å². The Bertz CT molecular complexity index is 763. The number of hydrogen-bond acceptors (Lipinski definition) is 4. The molecule has 0 aliphatic carbocycles. The minimum absolute atomic E-state index is 0.255. The van der Waals surface area contributed by atoms with Gasteiger partial charge in [0.05, 0.1) is 24.4 Å². The predicted octanol–water partition coefficient (Wildman–Crippen LogP) is 3.02. The molecule has 0 radical (unpaired) electrons. The molecule has 6 nitrogen and oxygen atoms in total. The summed E-state index contributed by atoms with van der Waals surface area (Å²) in [6, 6.07) is 10.3. The van der Waals surface area contributed by atoms with Crippen LogP contribution in [0.25, 0.3) is 0 Å². The highest BCUT2D eigenvalue weighted by atomic mass is 35.5. The second kappa shape index (κ2) is 7.98. The Morgan fingerprint density at radius 1 is 1.20 bits per heavy atom. The van der Waals surface area contributed by atoms with Gasteiger partial charge in [-0.05, 0) is 44.2 Å². The molecular weight excluding hydrogens is 342 g/mol. The summed E-state index contributed by atoms with van der Waals surface area (Å²) >= 11 is 6.04. The maximum absolute atomic E-state index is 12.5. The van der Waals surface area contributed by atoms with E-state index >= 15 is 0 Å². The number of hydrogen-bond donors (Lipinski definition) is 2. The van der Waals surface area contributed by atoms with Crippen LogP contribution < -0.4 is 15.4 Å². The standard InChI is InChI=1S/C18H20ClN3O3/c1-18(2,16(23)21-11-13-6-4-5-9-20-13)17(24)22-12-7-8-15(25-3)14(19)10-12/h4-10H,11H2,1-3H3,(H,21,23)(H,22,24). The third-order valence-electron chi connectivity index (χ3n) is 3.70. The van der Waals surface area contributed by atoms with Crippen LogP contribution in [0, 0.1) is 5.41 Å². The van der Waals surface area contributed by atoms with Gasteiger partial charge >= 0.3 is 0 Å². The number of pyridine rings is 1. The zero-order chi connectivity index (χ0) is 18.4. The number of carbonyl (C=O) groups excluding carboxylic acids is 2. The molecule has 25 heavy (non-hydrogen) atoms. The zero-order valence-corrected chi connectivity index (χ0v) is 15.1. The van der Waals surface area contributed by atoms with Gasteiger partial charge in [0.25, 0.3) is 0 Å². The lowest BCUT2D eigenvalue weighted by molar-refractivity contribution is -0.138. The molecule has 1 aromatic heterocycles. The van der Waals surface area contributed by atoms with Gasteiger partial charge in [-0.25, -0.2) is 0 Å². The van der Waals surface area contributed by atoms with E-state index in [1.807, 2.05) is 6.07 Å². The van der Waals surface area contributed by atoms with Crippen LogP contribution in [0.2, 0.25) is 5.02 Å². The molecule has 0 saturated carbocycles. The first-order valence-corrected chi connectivity index (χ1v) is 8.05. The highest BCUT2D eigenvalue weighted by Crippen LogP contribution is 2.28. The zero-order valence-electron chi connectivity index (χ0n) is 14.3. The van der Waals surface area contributed by atoms with Crippen LogP contribution in [0.1, 0.15) is 19.5 Å². The number of halogens is 1. The largest absolute Gasteiger partial charge is 0.495 e. The van der Waals surface area contributed by atoms with E-state index in [1.165, 1.54) is 7.11 Å². The summed E-state index contributed by atoms with van der Waals surface area (Å²) in [6.07, 6.45) is 1.65. The van der Waals surface area contributed by atoms with Gasteiger partial charge in [0, 0.05) is 11.9 Å². The second-order valence-corrected chi connectivity index (χ2v) is 6.34. The van der Waals surface area contributed by atoms with E-state index in [9.17, 15) is 9.59 Å². The quantitative estimate of drug-likeness (QED) is 0.775. The molecule has 1 aromatic carbocycles. The first kappa shape index (κ1) is 18.7. The summed E-state index contributed by atoms with van der Waals surface area (Å²) in [7, 11) is 1.51. The molecule has 2 amide bonds. The molecule has 132 valence electrons. The van der Waals surface area contributed by atoms with Crippen LogP contribution in [0.4, 0.5) is 5.69 Å². The highest BCUT2D eigenvalue weighted by molar-refractivity contribution is 6.32. The summed E-state index contributed by atoms with van der Waals surface area (Å²) in [4.78, 5) is 29.0. The molecule has 2 N–H and O–H groups in total. The topological polar surface area (TPSA) is 80.3 Å². The molecule has 0 atom stereocenters. The summed E-state index contributed by atoms with van der Waals surface area (Å²) in [5, 5.41) is 5.80. The third kappa shape index (κ3) is 4.70. The molecule has 7 heteroatoms. The van der Waals surface area contributed by atoms with Crippen molar-refractivity contribution in [1.29, 1.82) is 0 Å². The molecule has 0 fully saturated rings. The third-order valence-corrected chi connectivity index (χ3v) is 4.00. The number of amides is 2. The minimum atomic E-state index is -1.26. The number of rotatable bonds is 6. The smallest absolute Gasteiger partial charge is 0.239 e. The summed E-state index contributed by atoms with van der Waals surface area (Å²) in [5.41, 5.74) is -0.0586. The Kier molecular flexibility index (Phi) is 5.98. The first-order valence-electron chi connectivity index (χ1n) is 7.68. The van der Waals surface area contributed by atoms with Gasteiger partial charge < -0.3 is 15.4 Å². The average Bonchev–Trinajstić information content (AvgIpc) is 2.60. The van der Waals surface area contributed by atoms with Crippen molar-refractivity contribution in [2.24, 2.45) is 5.41 Å². The predicted molar refractivity (Wildman–Crippen MR) is 96.5 cm³/mol. The number of benzene rings is 1. The Balaban J connectivity index is 2.01. The fourth-order valence-electron chi connectivity index (χ4n) is 2.03. The van der Waals surface area contributed by atoms with Gasteiger partial charge in [0.15, 0.2) is 0 Å². The van der Waals surface area contributed by atoms with Crippen LogP contribution >= 0.6 is 11.6 Å². The van der Waals surface area contributed by atoms with Gasteiger partial charge in [-0.2, -0.15) is 0 Å². The number of anilines is 1. The van der Waals surface area contributed by atoms with Crippen LogP contribution in [-0.2, 0) is 16.1 Å². The van der Waals surface area contributed by atoms with Crippen molar-refractivity contribution in [3.05, 3.63) is 53.3 Å². The molecule has 0 spiro atoms. The Labute approximate surface area is 151 Å². The van der Waals surface area contributed by atoms with E-state index in [2.05, 4.69) is 15.6 Å². The van der Waals surface area contributed by atoms with Gasteiger partial charge in [-0.3, -0.25) is 14.6 Å². The fourth-order valence-corrected chi connectivity index (χ4v) is 2.29. The van der Waals surface area contributed by atoms with E-state index in [0.717, 1.165) is 0 Å². The van der Waals surface area contributed by atoms with Gasteiger partial charge in [0.2, 0.25) is 11.8 Å². The highest BCUT2D eigenvalue weighted by Gasteiger charge is 2.36. The van der Waals surface area contributed by atoms with Crippen LogP contribution in [0.3, 0.4) is 0 Å². The number of nitrogens with zero attached hydrogens (tertiary/aromatic N) is 1. The van der Waals surface area contributed by atoms with Crippen molar-refractivity contribution in [3.63, 3.8) is 0 Å². The SMILES string of the molecule is COc1ccc(NC(=O)C(C)(C)C(=O)NCc2ccccn2)cc1Cl. The van der Waals surface area contributed by atoms with Crippen LogP contribution in [-0.4, -0.2) is 23.9 Å². The van der Waals surface area contributed by atoms with E-state index in [-0.39, 0.29) is 6.54 Å². The minimum Gasteiger partial charge on any atom is -0.495 e. The molecular formula is C18H20ClN3O3. The lowest BCUT2D eigenvalue weighted by Crippen LogP contribution is -2.44. The molecule has 0 aliphatic rings. The lowest BCUT2D eigenvalue weighted by Gasteiger charge is -2.22. The molecule has 2 rings (SSSR count). The number of carbonyl (C=O) groups is 2. The first-order chi connectivity index (χ1) is 11.8. The molecule has 0 bridgehead atoms. The maximum atomic E-state index is 12.5. The van der Waals surface area contributed by atoms with Gasteiger partial charge in [-0.15, -0.1) is 0 Å². The normalized spacial score (nSPS) is 10.9. The van der Waals surface area contributed by atoms with Crippen LogP contribution in [0.5, 0.6) is 5.75 Å². The van der Waals surface area contributed by atoms with Crippen LogP contribution in [0.15, 0.2) is 42.6 Å². The Morgan fingerprint density at radius 2 is 1.96 bits per heavy atom. The van der Waals surface area contributed by atoms with E-state index in [4.69, 9.17) is 16.3 Å². The van der Waals surface area contributed by atoms with E-state index in [0.29, 0.717) is 22.2 Å². The van der Waals surface area contributed by atoms with Crippen molar-refractivity contribution in [3.8, 4) is 5.75 Å². The van der Waals surface area contributed by atoms with Crippen molar-refractivity contribution >= 4 is 29.1 Å². The molecule has 0 unspecified atom stereocenters. The molecule has 1 heterocycles. The number of aromatic nitrogens is 1. The van der Waals surface area contributed by atoms with E-state index in [1.54, 1.807) is 50.4 Å². The molecule has 0 aliphatic heterocycles. The fraction of sp³-hybridized carbons (Fsp3) is 0.278. The average molecular weight is 362 g/mol. The van der Waals surface area contributed by atoms with Gasteiger partial charge in [-0.1, -0.05) is 17.7 Å². The summed E-state index contributed by atoms with van der Waals surface area (Å²) in [5.74, 6) is -0.324. The monoisotopic (exact) mass is 361 g/mol. The lowest BCUT2D eigenvalue weighted by atomic mass is 9.91. The Morgan fingerprint density at radius 3 is 2.56 bits per heavy atom. The number of nitrogens with one attached hydrogen (secondary N) is 2. The summed E-state index contributed by atoms with van der Waals surface area (Å²) in [6.45, 7) is 3.37. The number of methoxy groups -OCH3 is 1. The van der Waals surface area contributed by atoms with Crippen molar-refractivity contribution in [1.82, 2.24) is 10.3 Å². The maximum Gasteiger partial charge on any atom is 0.239 e. The van der Waals surface area contributed by atoms with Crippen molar-refractivity contribution in [2.45, 2.75) is 20.4 Å². The molecule has 0 saturated heterocycles. The van der Waals surface area contributed by atoms with E-state index < -0.39 is 17.2 Å². The number of ether oxygens (including phenoxy) is 1. The van der Waals surface area contributed by atoms with Gasteiger partial charge in [0.1, 0.15) is 11.2 Å². The Hall–Kier alpha value is -2.60. The van der Waals surface area contributed by atoms with Crippen molar-refractivity contribution in [2.75, 3.05) is 12.4 Å². The summed E-state index contributed by atoms with van der Waals surface area (Å²) < 4.78 is 5.07. The molecule has 2 aromatic rings. The second-order valence-electron chi connectivity index (χ2n) is 5.93.